The van der Waals surface area contributed by atoms with Crippen molar-refractivity contribution in [3.8, 4) is 0 Å². The van der Waals surface area contributed by atoms with Crippen molar-refractivity contribution in [2.45, 2.75) is 33.9 Å². The fourth-order valence-electron chi connectivity index (χ4n) is 1.78. The minimum atomic E-state index is -1.42. The Morgan fingerprint density at radius 1 is 1.23 bits per heavy atom. The first kappa shape index (κ1) is 19.6. The molecule has 0 radical (unpaired) electrons. The summed E-state index contributed by atoms with van der Waals surface area (Å²) < 4.78 is 9.04. The fourth-order valence-corrected chi connectivity index (χ4v) is 2.36. The van der Waals surface area contributed by atoms with Crippen molar-refractivity contribution < 1.29 is 50.0 Å². The van der Waals surface area contributed by atoms with Gasteiger partial charge in [0.25, 0.3) is 0 Å². The van der Waals surface area contributed by atoms with Gasteiger partial charge >= 0.3 is 82.2 Å². The number of carbonyl (C=O) groups excluding carboxylic acids is 1. The average molecular weight is 332 g/mol. The maximum absolute atomic E-state index is 10.5. The summed E-state index contributed by atoms with van der Waals surface area (Å²) in [5, 5.41) is 62.2. The number of rotatable bonds is 2. The molecule has 7 N–H and O–H groups in total. The van der Waals surface area contributed by atoms with Crippen LogP contribution < -0.4 is 0 Å². The van der Waals surface area contributed by atoms with Gasteiger partial charge in [0.05, 0.1) is 6.61 Å². The van der Waals surface area contributed by atoms with E-state index in [2.05, 4.69) is 4.74 Å². The van der Waals surface area contributed by atoms with Crippen molar-refractivity contribution in [3.05, 3.63) is 11.5 Å². The van der Waals surface area contributed by atoms with Crippen molar-refractivity contribution in [1.29, 1.82) is 0 Å². The van der Waals surface area contributed by atoms with Gasteiger partial charge < -0.3 is 25.2 Å². The predicted molar refractivity (Wildman–Crippen MR) is 68.8 cm³/mol. The van der Waals surface area contributed by atoms with Gasteiger partial charge in [0.15, 0.2) is 11.9 Å². The summed E-state index contributed by atoms with van der Waals surface area (Å²) >= 11 is 0.671. The number of cyclic esters (lactones) is 1. The molecule has 11 heteroatoms. The molecule has 10 nitrogen and oxygen atoms in total. The number of aliphatic hydroxyl groups excluding tert-OH is 7. The number of carbonyl (C=O) groups is 1. The van der Waals surface area contributed by atoms with Gasteiger partial charge in [0, 0.05) is 0 Å². The molecule has 22 heavy (non-hydrogen) atoms. The molecule has 0 spiro atoms. The zero-order valence-electron chi connectivity index (χ0n) is 11.7. The van der Waals surface area contributed by atoms with Crippen LogP contribution in [-0.4, -0.2) is 117 Å². The Bertz CT molecular complexity index is 413. The van der Waals surface area contributed by atoms with Gasteiger partial charge in [-0.25, -0.2) is 4.79 Å². The van der Waals surface area contributed by atoms with Crippen LogP contribution in [0.15, 0.2) is 11.5 Å². The van der Waals surface area contributed by atoms with Gasteiger partial charge in [0.2, 0.25) is 5.76 Å². The molecule has 0 bridgehead atoms. The summed E-state index contributed by atoms with van der Waals surface area (Å²) in [6.07, 6.45) is -5.65. The first-order chi connectivity index (χ1) is 10.2. The van der Waals surface area contributed by atoms with Crippen LogP contribution in [0.4, 0.5) is 0 Å². The monoisotopic (exact) mass is 332 g/mol. The Morgan fingerprint density at radius 3 is 2.23 bits per heavy atom. The number of hydrogen-bond donors (Lipinski definition) is 7. The van der Waals surface area contributed by atoms with E-state index in [4.69, 9.17) is 40.5 Å². The van der Waals surface area contributed by atoms with E-state index in [1.807, 2.05) is 0 Å². The Hall–Kier alpha value is -0.430. The normalized spacial score (nSPS) is 36.5. The van der Waals surface area contributed by atoms with Crippen LogP contribution in [0.5, 0.6) is 0 Å². The zero-order valence-corrected chi connectivity index (χ0v) is 13.7. The summed E-state index contributed by atoms with van der Waals surface area (Å²) in [7, 11) is 0. The van der Waals surface area contributed by atoms with E-state index < -0.39 is 54.6 Å². The molecule has 0 aliphatic carbocycles. The Morgan fingerprint density at radius 2 is 1.82 bits per heavy atom. The summed E-state index contributed by atoms with van der Waals surface area (Å²) in [6.45, 7) is -0.540. The summed E-state index contributed by atoms with van der Waals surface area (Å²) in [5.41, 5.74) is 0. The van der Waals surface area contributed by atoms with Crippen LogP contribution in [0, 0.1) is 0 Å². The molecule has 6 atom stereocenters. The van der Waals surface area contributed by atoms with E-state index in [1.165, 1.54) is 0 Å². The molecular formula is C11H17NaO10. The second kappa shape index (κ2) is 8.43. The van der Waals surface area contributed by atoms with E-state index in [-0.39, 0.29) is 9.96 Å². The summed E-state index contributed by atoms with van der Waals surface area (Å²) in [5.74, 6) is -2.78. The number of esters is 1. The molecule has 0 saturated carbocycles. The predicted octanol–water partition coefficient (Wildman–Crippen LogP) is -3.81. The minimum absolute atomic E-state index is 0.131. The number of aliphatic hydroxyl groups is 7. The van der Waals surface area contributed by atoms with Gasteiger partial charge in [0.1, 0.15) is 6.10 Å². The van der Waals surface area contributed by atoms with E-state index in [1.54, 1.807) is 0 Å². The molecule has 1 unspecified atom stereocenters. The van der Waals surface area contributed by atoms with E-state index in [0.29, 0.717) is 27.9 Å². The molecule has 0 aromatic rings. The fraction of sp³-hybridized carbons (Fsp3) is 0.727. The van der Waals surface area contributed by atoms with E-state index in [0.717, 1.165) is 0 Å². The van der Waals surface area contributed by atoms with Crippen LogP contribution in [0.25, 0.3) is 0 Å². The quantitative estimate of drug-likeness (QED) is 0.196. The van der Waals surface area contributed by atoms with Gasteiger partial charge in [-0.1, -0.05) is 0 Å². The van der Waals surface area contributed by atoms with E-state index in [9.17, 15) is 4.79 Å². The first-order valence-electron chi connectivity index (χ1n) is 6.48. The summed E-state index contributed by atoms with van der Waals surface area (Å²) in [6, 6.07) is 0. The zero-order chi connectivity index (χ0) is 17.0. The molecule has 2 heterocycles. The molecule has 122 valence electrons. The van der Waals surface area contributed by atoms with Gasteiger partial charge in [-0.05, 0) is 0 Å². The van der Waals surface area contributed by atoms with Crippen LogP contribution in [-0.2, 0) is 14.3 Å². The topological polar surface area (TPSA) is 177 Å². The SMILES string of the molecule is O=C1O[C@H]([C@@H](O)CO)C(O)=C1O.O[C@@H]1[C@H](O)CO[CH]([Na])[C@H]1O. The third kappa shape index (κ3) is 4.54. The van der Waals surface area contributed by atoms with Gasteiger partial charge in [-0.2, -0.15) is 0 Å². The van der Waals surface area contributed by atoms with Crippen LogP contribution in [0.3, 0.4) is 0 Å². The Balaban J connectivity index is 0.000000224. The molecule has 2 aliphatic heterocycles. The van der Waals surface area contributed by atoms with Crippen LogP contribution in [0.2, 0.25) is 0 Å². The second-order valence-electron chi connectivity index (χ2n) is 4.90. The molecule has 0 aromatic heterocycles. The van der Waals surface area contributed by atoms with Gasteiger partial charge in [-0.3, -0.25) is 0 Å². The number of ether oxygens (including phenoxy) is 2. The van der Waals surface area contributed by atoms with E-state index >= 15 is 0 Å². The van der Waals surface area contributed by atoms with Gasteiger partial charge in [-0.15, -0.1) is 0 Å². The first-order valence-corrected chi connectivity index (χ1v) is 7.64. The van der Waals surface area contributed by atoms with Crippen molar-refractivity contribution >= 4 is 33.9 Å². The molecule has 1 saturated heterocycles. The molecule has 1 fully saturated rings. The number of hydrogen-bond acceptors (Lipinski definition) is 10. The molecule has 2 aliphatic rings. The Kier molecular flexibility index (Phi) is 7.52. The molecule has 0 amide bonds. The molecule has 2 rings (SSSR count). The van der Waals surface area contributed by atoms with Crippen molar-refractivity contribution in [1.82, 2.24) is 0 Å². The standard InChI is InChI=1S/C6H8O6.C5H9O4.Na/c7-1-2(8)5-3(9)4(10)6(11)12-5;6-3-1-9-2-4(7)5(3)8;/h2,5,7-10H,1H2;1,3-8H,2H2;/t2-,5+;3-,4-,5+;/m01./s1. The third-order valence-electron chi connectivity index (χ3n) is 3.23. The summed E-state index contributed by atoms with van der Waals surface area (Å²) in [4.78, 5) is 10.5. The van der Waals surface area contributed by atoms with Crippen molar-refractivity contribution in [2.75, 3.05) is 13.2 Å². The third-order valence-corrected chi connectivity index (χ3v) is 4.25. The Labute approximate surface area is 142 Å². The van der Waals surface area contributed by atoms with Crippen LogP contribution in [0.1, 0.15) is 0 Å². The van der Waals surface area contributed by atoms with Crippen LogP contribution >= 0.6 is 0 Å². The van der Waals surface area contributed by atoms with Crippen molar-refractivity contribution in [2.24, 2.45) is 0 Å². The molecule has 0 aromatic carbocycles. The second-order valence-corrected chi connectivity index (χ2v) is 6.03. The maximum atomic E-state index is 10.5. The molecular weight excluding hydrogens is 315 g/mol. The van der Waals surface area contributed by atoms with Crippen molar-refractivity contribution in [3.63, 3.8) is 0 Å². The average Bonchev–Trinajstić information content (AvgIpc) is 2.76.